The fraction of sp³-hybridized carbons (Fsp3) is 0.458. The molecule has 1 aliphatic rings. The third-order valence-electron chi connectivity index (χ3n) is 6.24. The summed E-state index contributed by atoms with van der Waals surface area (Å²) in [6, 6.07) is 4.60. The van der Waals surface area contributed by atoms with Crippen LogP contribution in [-0.2, 0) is 24.1 Å². The molecule has 0 aliphatic heterocycles. The van der Waals surface area contributed by atoms with Gasteiger partial charge in [0.2, 0.25) is 5.91 Å². The van der Waals surface area contributed by atoms with E-state index >= 15 is 0 Å². The molecule has 2 aromatic heterocycles. The molecule has 3 aromatic rings. The van der Waals surface area contributed by atoms with Crippen molar-refractivity contribution in [2.24, 2.45) is 11.3 Å². The SMILES string of the molecule is Cc1ccc(NC(=O)CCc2nc3sc4c(c3c(=O)[nH]2)CC[C@@H](C(C)(C)C)C4)cc1F. The van der Waals surface area contributed by atoms with Crippen LogP contribution in [0.1, 0.15) is 55.4 Å². The van der Waals surface area contributed by atoms with E-state index in [-0.39, 0.29) is 29.1 Å². The summed E-state index contributed by atoms with van der Waals surface area (Å²) < 4.78 is 13.7. The lowest BCUT2D eigenvalue weighted by Crippen LogP contribution is -2.26. The average molecular weight is 442 g/mol. The van der Waals surface area contributed by atoms with Crippen LogP contribution in [0.3, 0.4) is 0 Å². The number of aromatic amines is 1. The Morgan fingerprint density at radius 3 is 2.84 bits per heavy atom. The fourth-order valence-electron chi connectivity index (χ4n) is 4.21. The van der Waals surface area contributed by atoms with Gasteiger partial charge in [-0.15, -0.1) is 11.3 Å². The summed E-state index contributed by atoms with van der Waals surface area (Å²) in [5.74, 6) is 0.504. The van der Waals surface area contributed by atoms with Crippen molar-refractivity contribution in [3.05, 3.63) is 56.2 Å². The second kappa shape index (κ2) is 8.19. The first-order valence-electron chi connectivity index (χ1n) is 10.7. The van der Waals surface area contributed by atoms with Crippen molar-refractivity contribution in [2.75, 3.05) is 5.32 Å². The van der Waals surface area contributed by atoms with E-state index < -0.39 is 0 Å². The molecule has 2 N–H and O–H groups in total. The number of fused-ring (bicyclic) bond motifs is 3. The Morgan fingerprint density at radius 1 is 1.35 bits per heavy atom. The first kappa shape index (κ1) is 21.7. The maximum absolute atomic E-state index is 13.7. The minimum Gasteiger partial charge on any atom is -0.326 e. The maximum atomic E-state index is 13.7. The quantitative estimate of drug-likeness (QED) is 0.588. The van der Waals surface area contributed by atoms with Gasteiger partial charge in [-0.3, -0.25) is 9.59 Å². The summed E-state index contributed by atoms with van der Waals surface area (Å²) in [5, 5.41) is 3.41. The van der Waals surface area contributed by atoms with Gasteiger partial charge in [0.05, 0.1) is 5.39 Å². The smallest absolute Gasteiger partial charge is 0.259 e. The highest BCUT2D eigenvalue weighted by Gasteiger charge is 2.31. The van der Waals surface area contributed by atoms with E-state index in [9.17, 15) is 14.0 Å². The fourth-order valence-corrected chi connectivity index (χ4v) is 5.53. The molecular weight excluding hydrogens is 413 g/mol. The Bertz CT molecular complexity index is 1210. The number of thiophene rings is 1. The zero-order valence-corrected chi connectivity index (χ0v) is 19.2. The summed E-state index contributed by atoms with van der Waals surface area (Å²) in [7, 11) is 0. The second-order valence-electron chi connectivity index (χ2n) is 9.51. The number of benzene rings is 1. The Hall–Kier alpha value is -2.54. The van der Waals surface area contributed by atoms with E-state index in [0.29, 0.717) is 29.4 Å². The van der Waals surface area contributed by atoms with E-state index in [0.717, 1.165) is 35.0 Å². The minimum atomic E-state index is -0.357. The Morgan fingerprint density at radius 2 is 2.13 bits per heavy atom. The molecule has 5 nitrogen and oxygen atoms in total. The van der Waals surface area contributed by atoms with Crippen LogP contribution in [-0.4, -0.2) is 15.9 Å². The zero-order chi connectivity index (χ0) is 22.3. The average Bonchev–Trinajstić information content (AvgIpc) is 3.06. The van der Waals surface area contributed by atoms with Crippen LogP contribution in [0.25, 0.3) is 10.2 Å². The number of carbonyl (C=O) groups excluding carboxylic acids is 1. The van der Waals surface area contributed by atoms with E-state index in [4.69, 9.17) is 0 Å². The van der Waals surface area contributed by atoms with Gasteiger partial charge in [-0.05, 0) is 60.8 Å². The molecule has 1 aromatic carbocycles. The third-order valence-corrected chi connectivity index (χ3v) is 7.39. The predicted molar refractivity (Wildman–Crippen MR) is 123 cm³/mol. The zero-order valence-electron chi connectivity index (χ0n) is 18.4. The van der Waals surface area contributed by atoms with Crippen molar-refractivity contribution < 1.29 is 9.18 Å². The van der Waals surface area contributed by atoms with Crippen LogP contribution in [0, 0.1) is 24.1 Å². The molecule has 1 amide bonds. The molecule has 31 heavy (non-hydrogen) atoms. The van der Waals surface area contributed by atoms with Gasteiger partial charge >= 0.3 is 0 Å². The Kier molecular flexibility index (Phi) is 5.73. The van der Waals surface area contributed by atoms with Crippen LogP contribution in [0.5, 0.6) is 0 Å². The van der Waals surface area contributed by atoms with Gasteiger partial charge in [0, 0.05) is 23.4 Å². The van der Waals surface area contributed by atoms with Crippen LogP contribution in [0.2, 0.25) is 0 Å². The lowest BCUT2D eigenvalue weighted by atomic mass is 9.72. The van der Waals surface area contributed by atoms with Gasteiger partial charge < -0.3 is 10.3 Å². The maximum Gasteiger partial charge on any atom is 0.259 e. The first-order valence-corrected chi connectivity index (χ1v) is 11.5. The number of hydrogen-bond acceptors (Lipinski definition) is 4. The molecular formula is C24H28FN3O2S. The standard InChI is InChI=1S/C24H28FN3O2S/c1-13-5-7-15(12-17(13)25)26-20(29)10-9-19-27-22(30)21-16-8-6-14(24(2,3)4)11-18(16)31-23(21)28-19/h5,7,12,14H,6,8-11H2,1-4H3,(H,26,29)(H,27,28,30)/t14-/m1/s1. The number of aryl methyl sites for hydroxylation is 3. The van der Waals surface area contributed by atoms with Crippen LogP contribution in [0.15, 0.2) is 23.0 Å². The highest BCUT2D eigenvalue weighted by Crippen LogP contribution is 2.41. The largest absolute Gasteiger partial charge is 0.326 e. The van der Waals surface area contributed by atoms with Crippen molar-refractivity contribution in [1.82, 2.24) is 9.97 Å². The number of halogens is 1. The Labute approximate surface area is 185 Å². The molecule has 0 unspecified atom stereocenters. The van der Waals surface area contributed by atoms with Crippen LogP contribution >= 0.6 is 11.3 Å². The summed E-state index contributed by atoms with van der Waals surface area (Å²) in [6.45, 7) is 8.49. The van der Waals surface area contributed by atoms with Crippen LogP contribution in [0.4, 0.5) is 10.1 Å². The Balaban J connectivity index is 1.48. The molecule has 4 rings (SSSR count). The number of H-pyrrole nitrogens is 1. The summed E-state index contributed by atoms with van der Waals surface area (Å²) in [5.41, 5.74) is 2.23. The molecule has 0 spiro atoms. The normalized spacial score (nSPS) is 16.4. The topological polar surface area (TPSA) is 74.8 Å². The van der Waals surface area contributed by atoms with Gasteiger partial charge in [0.25, 0.3) is 5.56 Å². The number of nitrogens with zero attached hydrogens (tertiary/aromatic N) is 1. The van der Waals surface area contributed by atoms with Crippen molar-refractivity contribution >= 4 is 33.1 Å². The number of rotatable bonds is 4. The molecule has 0 saturated carbocycles. The molecule has 0 saturated heterocycles. The molecule has 1 atom stereocenters. The number of anilines is 1. The van der Waals surface area contributed by atoms with E-state index in [2.05, 4.69) is 36.1 Å². The number of aromatic nitrogens is 2. The predicted octanol–water partition coefficient (Wildman–Crippen LogP) is 5.15. The molecule has 0 radical (unpaired) electrons. The molecule has 7 heteroatoms. The van der Waals surface area contributed by atoms with Crippen LogP contribution < -0.4 is 10.9 Å². The molecule has 1 aliphatic carbocycles. The van der Waals surface area contributed by atoms with E-state index in [1.807, 2.05) is 0 Å². The van der Waals surface area contributed by atoms with Gasteiger partial charge in [-0.2, -0.15) is 0 Å². The first-order chi connectivity index (χ1) is 14.6. The number of amides is 1. The highest BCUT2D eigenvalue weighted by molar-refractivity contribution is 7.18. The van der Waals surface area contributed by atoms with Gasteiger partial charge in [-0.25, -0.2) is 9.37 Å². The van der Waals surface area contributed by atoms with Gasteiger partial charge in [0.1, 0.15) is 16.5 Å². The van der Waals surface area contributed by atoms with Crippen molar-refractivity contribution in [3.63, 3.8) is 0 Å². The lowest BCUT2D eigenvalue weighted by molar-refractivity contribution is -0.116. The summed E-state index contributed by atoms with van der Waals surface area (Å²) >= 11 is 1.61. The monoisotopic (exact) mass is 441 g/mol. The molecule has 2 heterocycles. The number of hydrogen-bond donors (Lipinski definition) is 2. The molecule has 0 fully saturated rings. The van der Waals surface area contributed by atoms with Crippen molar-refractivity contribution in [3.8, 4) is 0 Å². The summed E-state index contributed by atoms with van der Waals surface area (Å²) in [6.07, 6.45) is 3.46. The number of nitrogens with one attached hydrogen (secondary N) is 2. The molecule has 164 valence electrons. The van der Waals surface area contributed by atoms with Gasteiger partial charge in [0.15, 0.2) is 0 Å². The van der Waals surface area contributed by atoms with E-state index in [1.165, 1.54) is 10.9 Å². The minimum absolute atomic E-state index is 0.118. The molecule has 0 bridgehead atoms. The van der Waals surface area contributed by atoms with Crippen molar-refractivity contribution in [2.45, 2.75) is 59.8 Å². The second-order valence-corrected chi connectivity index (χ2v) is 10.6. The summed E-state index contributed by atoms with van der Waals surface area (Å²) in [4.78, 5) is 34.6. The highest BCUT2D eigenvalue weighted by atomic mass is 32.1. The van der Waals surface area contributed by atoms with Crippen molar-refractivity contribution in [1.29, 1.82) is 0 Å². The number of carbonyl (C=O) groups is 1. The van der Waals surface area contributed by atoms with E-state index in [1.54, 1.807) is 30.4 Å². The lowest BCUT2D eigenvalue weighted by Gasteiger charge is -2.33. The third kappa shape index (κ3) is 4.56. The van der Waals surface area contributed by atoms with Gasteiger partial charge in [-0.1, -0.05) is 26.8 Å².